The summed E-state index contributed by atoms with van der Waals surface area (Å²) in [6.45, 7) is 2.92. The van der Waals surface area contributed by atoms with Gasteiger partial charge in [-0.1, -0.05) is 6.42 Å². The molecule has 2 fully saturated rings. The molecule has 4 heteroatoms. The molecule has 1 spiro atoms. The van der Waals surface area contributed by atoms with E-state index in [9.17, 15) is 0 Å². The summed E-state index contributed by atoms with van der Waals surface area (Å²) in [7, 11) is 4.08. The van der Waals surface area contributed by atoms with Crippen molar-refractivity contribution in [3.05, 3.63) is 18.3 Å². The molecule has 4 nitrogen and oxygen atoms in total. The number of hydrogen-bond donors (Lipinski definition) is 1. The molecular weight excluding hydrogens is 250 g/mol. The van der Waals surface area contributed by atoms with Crippen LogP contribution in [0.5, 0.6) is 0 Å². The van der Waals surface area contributed by atoms with Gasteiger partial charge in [-0.25, -0.2) is 4.98 Å². The summed E-state index contributed by atoms with van der Waals surface area (Å²) in [5, 5.41) is 3.73. The molecule has 2 saturated carbocycles. The molecule has 1 heterocycles. The number of aromatic nitrogens is 1. The number of rotatable bonds is 5. The number of pyridine rings is 1. The molecule has 0 amide bonds. The van der Waals surface area contributed by atoms with Gasteiger partial charge < -0.3 is 15.0 Å². The molecule has 0 saturated heterocycles. The van der Waals surface area contributed by atoms with Crippen molar-refractivity contribution in [2.45, 2.75) is 44.8 Å². The second-order valence-electron chi connectivity index (χ2n) is 6.23. The van der Waals surface area contributed by atoms with Crippen LogP contribution in [-0.2, 0) is 4.74 Å². The Hall–Kier alpha value is -1.29. The summed E-state index contributed by atoms with van der Waals surface area (Å²) in [5.74, 6) is 1.02. The molecule has 2 atom stereocenters. The zero-order valence-electron chi connectivity index (χ0n) is 12.7. The summed E-state index contributed by atoms with van der Waals surface area (Å²) in [6.07, 6.45) is 7.37. The molecule has 1 N–H and O–H groups in total. The minimum absolute atomic E-state index is 0.384. The van der Waals surface area contributed by atoms with E-state index in [1.165, 1.54) is 19.3 Å². The van der Waals surface area contributed by atoms with Gasteiger partial charge in [0, 0.05) is 38.4 Å². The predicted molar refractivity (Wildman–Crippen MR) is 82.3 cm³/mol. The molecule has 0 radical (unpaired) electrons. The molecule has 2 aliphatic rings. The maximum absolute atomic E-state index is 5.92. The van der Waals surface area contributed by atoms with Gasteiger partial charge in [-0.2, -0.15) is 0 Å². The zero-order valence-corrected chi connectivity index (χ0v) is 12.7. The average Bonchev–Trinajstić information content (AvgIpc) is 2.35. The van der Waals surface area contributed by atoms with Crippen LogP contribution >= 0.6 is 0 Å². The number of nitrogens with zero attached hydrogens (tertiary/aromatic N) is 2. The topological polar surface area (TPSA) is 37.4 Å². The van der Waals surface area contributed by atoms with E-state index < -0.39 is 0 Å². The smallest absolute Gasteiger partial charge is 0.151 e. The van der Waals surface area contributed by atoms with Crippen LogP contribution in [-0.4, -0.2) is 37.8 Å². The molecule has 0 aromatic carbocycles. The third-order valence-corrected chi connectivity index (χ3v) is 4.98. The van der Waals surface area contributed by atoms with E-state index >= 15 is 0 Å². The number of ether oxygens (including phenoxy) is 1. The van der Waals surface area contributed by atoms with Crippen LogP contribution < -0.4 is 10.2 Å². The van der Waals surface area contributed by atoms with Crippen LogP contribution in [0.2, 0.25) is 0 Å². The molecule has 0 bridgehead atoms. The lowest BCUT2D eigenvalue weighted by atomic mass is 9.51. The minimum atomic E-state index is 0.384. The van der Waals surface area contributed by atoms with Crippen molar-refractivity contribution in [2.75, 3.05) is 30.9 Å². The first kappa shape index (κ1) is 13.7. The van der Waals surface area contributed by atoms with Gasteiger partial charge in [0.1, 0.15) is 0 Å². The minimum Gasteiger partial charge on any atom is -0.379 e. The molecule has 1 aromatic heterocycles. The predicted octanol–water partition coefficient (Wildman–Crippen LogP) is 2.91. The quantitative estimate of drug-likeness (QED) is 0.896. The van der Waals surface area contributed by atoms with Gasteiger partial charge in [-0.05, 0) is 38.3 Å². The van der Waals surface area contributed by atoms with Crippen molar-refractivity contribution in [3.8, 4) is 0 Å². The van der Waals surface area contributed by atoms with Gasteiger partial charge in [-0.15, -0.1) is 0 Å². The second kappa shape index (κ2) is 5.24. The summed E-state index contributed by atoms with van der Waals surface area (Å²) < 4.78 is 5.92. The third kappa shape index (κ3) is 2.06. The first-order valence-electron chi connectivity index (χ1n) is 7.68. The molecule has 2 unspecified atom stereocenters. The maximum Gasteiger partial charge on any atom is 0.151 e. The highest BCUT2D eigenvalue weighted by Gasteiger charge is 2.59. The largest absolute Gasteiger partial charge is 0.379 e. The first-order chi connectivity index (χ1) is 9.67. The van der Waals surface area contributed by atoms with Gasteiger partial charge in [0.2, 0.25) is 0 Å². The fraction of sp³-hybridized carbons (Fsp3) is 0.688. The Morgan fingerprint density at radius 3 is 2.85 bits per heavy atom. The van der Waals surface area contributed by atoms with E-state index in [-0.39, 0.29) is 0 Å². The van der Waals surface area contributed by atoms with Crippen LogP contribution in [0.1, 0.15) is 32.6 Å². The highest BCUT2D eigenvalue weighted by Crippen LogP contribution is 2.58. The summed E-state index contributed by atoms with van der Waals surface area (Å²) >= 11 is 0. The summed E-state index contributed by atoms with van der Waals surface area (Å²) in [5.41, 5.74) is 1.53. The molecular formula is C16H25N3O. The van der Waals surface area contributed by atoms with Crippen molar-refractivity contribution >= 4 is 11.5 Å². The fourth-order valence-corrected chi connectivity index (χ4v) is 3.69. The highest BCUT2D eigenvalue weighted by atomic mass is 16.5. The monoisotopic (exact) mass is 275 g/mol. The van der Waals surface area contributed by atoms with E-state index in [0.29, 0.717) is 17.6 Å². The molecule has 0 aliphatic heterocycles. The fourth-order valence-electron chi connectivity index (χ4n) is 3.69. The average molecular weight is 275 g/mol. The van der Waals surface area contributed by atoms with E-state index in [0.717, 1.165) is 24.5 Å². The Bertz CT molecular complexity index is 471. The molecule has 1 aromatic rings. The van der Waals surface area contributed by atoms with Crippen LogP contribution in [0.15, 0.2) is 18.3 Å². The van der Waals surface area contributed by atoms with Crippen molar-refractivity contribution in [3.63, 3.8) is 0 Å². The van der Waals surface area contributed by atoms with Crippen molar-refractivity contribution in [1.29, 1.82) is 0 Å². The Morgan fingerprint density at radius 2 is 2.25 bits per heavy atom. The van der Waals surface area contributed by atoms with Gasteiger partial charge in [-0.3, -0.25) is 0 Å². The van der Waals surface area contributed by atoms with Gasteiger partial charge >= 0.3 is 0 Å². The van der Waals surface area contributed by atoms with Crippen LogP contribution in [0.3, 0.4) is 0 Å². The standard InChI is InChI=1S/C16H25N3O/c1-4-20-14-11-13(16(14)8-6-9-16)18-12-7-5-10-17-15(12)19(2)3/h5,7,10,13-14,18H,4,6,8-9,11H2,1-3H3. The number of anilines is 2. The lowest BCUT2D eigenvalue weighted by molar-refractivity contribution is -0.157. The maximum atomic E-state index is 5.92. The Kier molecular flexibility index (Phi) is 3.59. The summed E-state index contributed by atoms with van der Waals surface area (Å²) in [6, 6.07) is 4.67. The first-order valence-corrected chi connectivity index (χ1v) is 7.68. The molecule has 20 heavy (non-hydrogen) atoms. The Morgan fingerprint density at radius 1 is 1.45 bits per heavy atom. The van der Waals surface area contributed by atoms with E-state index in [1.54, 1.807) is 0 Å². The SMILES string of the molecule is CCOC1CC(Nc2cccnc2N(C)C)C12CCC2. The van der Waals surface area contributed by atoms with Crippen LogP contribution in [0.25, 0.3) is 0 Å². The number of nitrogens with one attached hydrogen (secondary N) is 1. The van der Waals surface area contributed by atoms with Crippen LogP contribution in [0.4, 0.5) is 11.5 Å². The lowest BCUT2D eigenvalue weighted by Crippen LogP contribution is -2.64. The van der Waals surface area contributed by atoms with Crippen LogP contribution in [0, 0.1) is 5.41 Å². The van der Waals surface area contributed by atoms with E-state index in [1.807, 2.05) is 26.4 Å². The lowest BCUT2D eigenvalue weighted by Gasteiger charge is -2.61. The van der Waals surface area contributed by atoms with Crippen molar-refractivity contribution < 1.29 is 4.74 Å². The van der Waals surface area contributed by atoms with Gasteiger partial charge in [0.15, 0.2) is 5.82 Å². The number of hydrogen-bond acceptors (Lipinski definition) is 4. The summed E-state index contributed by atoms with van der Waals surface area (Å²) in [4.78, 5) is 6.53. The Balaban J connectivity index is 1.73. The molecule has 3 rings (SSSR count). The van der Waals surface area contributed by atoms with Crippen molar-refractivity contribution in [1.82, 2.24) is 4.98 Å². The highest BCUT2D eigenvalue weighted by molar-refractivity contribution is 5.65. The third-order valence-electron chi connectivity index (χ3n) is 4.98. The Labute approximate surface area is 121 Å². The van der Waals surface area contributed by atoms with Gasteiger partial charge in [0.25, 0.3) is 0 Å². The second-order valence-corrected chi connectivity index (χ2v) is 6.23. The molecule has 110 valence electrons. The van der Waals surface area contributed by atoms with Gasteiger partial charge in [0.05, 0.1) is 11.8 Å². The van der Waals surface area contributed by atoms with E-state index in [2.05, 4.69) is 28.2 Å². The normalized spacial score (nSPS) is 26.8. The van der Waals surface area contributed by atoms with E-state index in [4.69, 9.17) is 4.74 Å². The van der Waals surface area contributed by atoms with Crippen molar-refractivity contribution in [2.24, 2.45) is 5.41 Å². The molecule has 2 aliphatic carbocycles. The zero-order chi connectivity index (χ0) is 14.2.